The summed E-state index contributed by atoms with van der Waals surface area (Å²) >= 11 is 0. The fraction of sp³-hybridized carbons (Fsp3) is 0.647. The molecule has 0 saturated heterocycles. The molecule has 0 radical (unpaired) electrons. The van der Waals surface area contributed by atoms with Crippen LogP contribution in [0.3, 0.4) is 0 Å². The first-order valence-electron chi connectivity index (χ1n) is 7.58. The normalized spacial score (nSPS) is 14.8. The third-order valence-corrected chi connectivity index (χ3v) is 3.96. The molecule has 3 nitrogen and oxygen atoms in total. The highest BCUT2D eigenvalue weighted by molar-refractivity contribution is 5.30. The van der Waals surface area contributed by atoms with Gasteiger partial charge in [0, 0.05) is 25.7 Å². The van der Waals surface area contributed by atoms with E-state index in [-0.39, 0.29) is 12.1 Å². The third-order valence-electron chi connectivity index (χ3n) is 3.96. The lowest BCUT2D eigenvalue weighted by molar-refractivity contribution is 0.0829. The van der Waals surface area contributed by atoms with Gasteiger partial charge in [0.25, 0.3) is 0 Å². The number of hydrogen-bond acceptors (Lipinski definition) is 3. The van der Waals surface area contributed by atoms with E-state index in [1.54, 1.807) is 7.11 Å². The first-order valence-corrected chi connectivity index (χ1v) is 7.58. The van der Waals surface area contributed by atoms with Crippen molar-refractivity contribution in [2.24, 2.45) is 5.73 Å². The monoisotopic (exact) mass is 278 g/mol. The molecule has 0 aliphatic carbocycles. The van der Waals surface area contributed by atoms with Gasteiger partial charge in [0.2, 0.25) is 0 Å². The number of nitrogens with zero attached hydrogens (tertiary/aromatic N) is 1. The molecule has 2 N–H and O–H groups in total. The standard InChI is InChI=1S/C17H30N2O/c1-6-16(18)17(15-10-8-7-9-14(15)4)19(13(2)3)11-12-20-5/h7-10,13,16-17H,6,11-12,18H2,1-5H3. The van der Waals surface area contributed by atoms with Gasteiger partial charge in [-0.1, -0.05) is 31.2 Å². The average Bonchev–Trinajstić information content (AvgIpc) is 2.43. The maximum Gasteiger partial charge on any atom is 0.0590 e. The van der Waals surface area contributed by atoms with Gasteiger partial charge in [-0.05, 0) is 38.3 Å². The predicted molar refractivity (Wildman–Crippen MR) is 85.9 cm³/mol. The number of hydrogen-bond donors (Lipinski definition) is 1. The Morgan fingerprint density at radius 2 is 1.90 bits per heavy atom. The number of aryl methyl sites for hydroxylation is 1. The van der Waals surface area contributed by atoms with Crippen LogP contribution >= 0.6 is 0 Å². The molecule has 0 amide bonds. The summed E-state index contributed by atoms with van der Waals surface area (Å²) < 4.78 is 5.27. The van der Waals surface area contributed by atoms with Crippen LogP contribution in [0, 0.1) is 6.92 Å². The smallest absolute Gasteiger partial charge is 0.0590 e. The SMILES string of the molecule is CCC(N)C(c1ccccc1C)N(CCOC)C(C)C. The second-order valence-corrected chi connectivity index (χ2v) is 5.70. The van der Waals surface area contributed by atoms with Crippen molar-refractivity contribution in [3.8, 4) is 0 Å². The fourth-order valence-electron chi connectivity index (χ4n) is 2.71. The van der Waals surface area contributed by atoms with Crippen LogP contribution in [-0.2, 0) is 4.74 Å². The molecule has 2 atom stereocenters. The van der Waals surface area contributed by atoms with Crippen LogP contribution in [0.5, 0.6) is 0 Å². The molecule has 1 aromatic rings. The van der Waals surface area contributed by atoms with Crippen LogP contribution in [0.15, 0.2) is 24.3 Å². The van der Waals surface area contributed by atoms with Gasteiger partial charge in [-0.3, -0.25) is 4.90 Å². The Labute approximate surface area is 124 Å². The molecule has 0 aromatic heterocycles. The summed E-state index contributed by atoms with van der Waals surface area (Å²) in [6, 6.07) is 9.38. The first-order chi connectivity index (χ1) is 9.52. The molecular weight excluding hydrogens is 248 g/mol. The molecule has 0 spiro atoms. The highest BCUT2D eigenvalue weighted by Gasteiger charge is 2.28. The van der Waals surface area contributed by atoms with Crippen molar-refractivity contribution in [2.45, 2.75) is 52.2 Å². The molecule has 0 fully saturated rings. The van der Waals surface area contributed by atoms with Gasteiger partial charge in [-0.2, -0.15) is 0 Å². The highest BCUT2D eigenvalue weighted by atomic mass is 16.5. The summed E-state index contributed by atoms with van der Waals surface area (Å²) in [5.74, 6) is 0. The molecule has 0 aliphatic rings. The molecule has 0 aliphatic heterocycles. The number of ether oxygens (including phenoxy) is 1. The lowest BCUT2D eigenvalue weighted by Gasteiger charge is -2.39. The predicted octanol–water partition coefficient (Wildman–Crippen LogP) is 3.13. The number of benzene rings is 1. The molecule has 1 rings (SSSR count). The van der Waals surface area contributed by atoms with Crippen LogP contribution < -0.4 is 5.73 Å². The van der Waals surface area contributed by atoms with E-state index in [4.69, 9.17) is 10.5 Å². The van der Waals surface area contributed by atoms with Gasteiger partial charge in [0.1, 0.15) is 0 Å². The minimum atomic E-state index is 0.135. The van der Waals surface area contributed by atoms with E-state index < -0.39 is 0 Å². The van der Waals surface area contributed by atoms with E-state index in [9.17, 15) is 0 Å². The molecule has 3 heteroatoms. The molecule has 114 valence electrons. The summed E-state index contributed by atoms with van der Waals surface area (Å²) in [6.45, 7) is 10.4. The molecule has 0 saturated carbocycles. The van der Waals surface area contributed by atoms with Crippen molar-refractivity contribution in [3.63, 3.8) is 0 Å². The summed E-state index contributed by atoms with van der Waals surface area (Å²) in [5.41, 5.74) is 9.10. The van der Waals surface area contributed by atoms with Crippen molar-refractivity contribution in [1.82, 2.24) is 4.90 Å². The highest BCUT2D eigenvalue weighted by Crippen LogP contribution is 2.29. The zero-order valence-electron chi connectivity index (χ0n) is 13.6. The number of nitrogens with two attached hydrogens (primary N) is 1. The van der Waals surface area contributed by atoms with E-state index in [2.05, 4.69) is 56.9 Å². The maximum absolute atomic E-state index is 6.45. The second kappa shape index (κ2) is 8.40. The number of methoxy groups -OCH3 is 1. The fourth-order valence-corrected chi connectivity index (χ4v) is 2.71. The third kappa shape index (κ3) is 4.30. The van der Waals surface area contributed by atoms with Crippen molar-refractivity contribution < 1.29 is 4.74 Å². The second-order valence-electron chi connectivity index (χ2n) is 5.70. The molecule has 0 bridgehead atoms. The quantitative estimate of drug-likeness (QED) is 0.794. The Hall–Kier alpha value is -0.900. The van der Waals surface area contributed by atoms with E-state index in [1.165, 1.54) is 11.1 Å². The number of rotatable bonds is 8. The van der Waals surface area contributed by atoms with Crippen molar-refractivity contribution in [3.05, 3.63) is 35.4 Å². The van der Waals surface area contributed by atoms with E-state index >= 15 is 0 Å². The van der Waals surface area contributed by atoms with Gasteiger partial charge in [0.15, 0.2) is 0 Å². The Balaban J connectivity index is 3.12. The van der Waals surface area contributed by atoms with Gasteiger partial charge < -0.3 is 10.5 Å². The molecular formula is C17H30N2O. The Kier molecular flexibility index (Phi) is 7.20. The minimum Gasteiger partial charge on any atom is -0.383 e. The molecule has 0 heterocycles. The topological polar surface area (TPSA) is 38.5 Å². The van der Waals surface area contributed by atoms with Crippen LogP contribution in [-0.4, -0.2) is 37.2 Å². The summed E-state index contributed by atoms with van der Waals surface area (Å²) in [7, 11) is 1.75. The van der Waals surface area contributed by atoms with E-state index in [1.807, 2.05) is 0 Å². The Bertz CT molecular complexity index is 392. The Morgan fingerprint density at radius 1 is 1.25 bits per heavy atom. The summed E-state index contributed by atoms with van der Waals surface area (Å²) in [4.78, 5) is 2.46. The largest absolute Gasteiger partial charge is 0.383 e. The van der Waals surface area contributed by atoms with Gasteiger partial charge in [-0.25, -0.2) is 0 Å². The van der Waals surface area contributed by atoms with Gasteiger partial charge >= 0.3 is 0 Å². The van der Waals surface area contributed by atoms with Crippen molar-refractivity contribution >= 4 is 0 Å². The Morgan fingerprint density at radius 3 is 2.40 bits per heavy atom. The van der Waals surface area contributed by atoms with Crippen molar-refractivity contribution in [1.29, 1.82) is 0 Å². The van der Waals surface area contributed by atoms with Crippen LogP contribution in [0.1, 0.15) is 44.4 Å². The van der Waals surface area contributed by atoms with Crippen LogP contribution in [0.4, 0.5) is 0 Å². The average molecular weight is 278 g/mol. The maximum atomic E-state index is 6.45. The zero-order chi connectivity index (χ0) is 15.1. The van der Waals surface area contributed by atoms with Gasteiger partial charge in [-0.15, -0.1) is 0 Å². The molecule has 1 aromatic carbocycles. The molecule has 20 heavy (non-hydrogen) atoms. The lowest BCUT2D eigenvalue weighted by Crippen LogP contribution is -2.45. The minimum absolute atomic E-state index is 0.135. The van der Waals surface area contributed by atoms with E-state index in [0.717, 1.165) is 19.6 Å². The van der Waals surface area contributed by atoms with Gasteiger partial charge in [0.05, 0.1) is 12.6 Å². The first kappa shape index (κ1) is 17.2. The van der Waals surface area contributed by atoms with Crippen LogP contribution in [0.25, 0.3) is 0 Å². The zero-order valence-corrected chi connectivity index (χ0v) is 13.6. The lowest BCUT2D eigenvalue weighted by atomic mass is 9.92. The molecule has 2 unspecified atom stereocenters. The summed E-state index contributed by atoms with van der Waals surface area (Å²) in [5, 5.41) is 0. The van der Waals surface area contributed by atoms with Crippen molar-refractivity contribution in [2.75, 3.05) is 20.3 Å². The van der Waals surface area contributed by atoms with E-state index in [0.29, 0.717) is 6.04 Å². The van der Waals surface area contributed by atoms with Crippen LogP contribution in [0.2, 0.25) is 0 Å². The summed E-state index contributed by atoms with van der Waals surface area (Å²) in [6.07, 6.45) is 0.967.